The van der Waals surface area contributed by atoms with Gasteiger partial charge in [0.05, 0.1) is 6.26 Å². The number of nitrogens with zero attached hydrogens (tertiary/aromatic N) is 3. The van der Waals surface area contributed by atoms with E-state index in [0.29, 0.717) is 42.5 Å². The third-order valence-corrected chi connectivity index (χ3v) is 6.82. The Labute approximate surface area is 218 Å². The Hall–Kier alpha value is -4.66. The number of benzene rings is 2. The van der Waals surface area contributed by atoms with E-state index >= 15 is 0 Å². The zero-order chi connectivity index (χ0) is 26.8. The number of carbonyl (C=O) groups is 3. The summed E-state index contributed by atoms with van der Waals surface area (Å²) in [4.78, 5) is 54.9. The molecular formula is C29H27N3O6. The molecule has 1 saturated heterocycles. The van der Waals surface area contributed by atoms with Gasteiger partial charge < -0.3 is 23.5 Å². The maximum Gasteiger partial charge on any atom is 0.356 e. The summed E-state index contributed by atoms with van der Waals surface area (Å²) in [6, 6.07) is 18.0. The molecule has 0 spiro atoms. The first-order valence-electron chi connectivity index (χ1n) is 12.3. The van der Waals surface area contributed by atoms with Crippen molar-refractivity contribution in [2.75, 3.05) is 32.8 Å². The van der Waals surface area contributed by atoms with Gasteiger partial charge in [0, 0.05) is 44.2 Å². The van der Waals surface area contributed by atoms with Crippen LogP contribution >= 0.6 is 0 Å². The van der Waals surface area contributed by atoms with Gasteiger partial charge in [-0.1, -0.05) is 48.0 Å². The third-order valence-electron chi connectivity index (χ3n) is 6.82. The van der Waals surface area contributed by atoms with E-state index in [1.54, 1.807) is 40.1 Å². The number of rotatable bonds is 5. The van der Waals surface area contributed by atoms with Crippen molar-refractivity contribution in [2.45, 2.75) is 6.92 Å². The lowest BCUT2D eigenvalue weighted by atomic mass is 9.96. The Morgan fingerprint density at radius 1 is 0.868 bits per heavy atom. The number of carbonyl (C=O) groups excluding carboxylic acids is 3. The highest BCUT2D eigenvalue weighted by Crippen LogP contribution is 2.31. The Morgan fingerprint density at radius 2 is 1.53 bits per heavy atom. The summed E-state index contributed by atoms with van der Waals surface area (Å²) < 4.78 is 11.9. The van der Waals surface area contributed by atoms with Crippen molar-refractivity contribution in [3.05, 3.63) is 94.3 Å². The zero-order valence-corrected chi connectivity index (χ0v) is 21.2. The van der Waals surface area contributed by atoms with Crippen molar-refractivity contribution in [3.8, 4) is 11.1 Å². The number of hydrogen-bond donors (Lipinski definition) is 0. The third kappa shape index (κ3) is 4.70. The highest BCUT2D eigenvalue weighted by Gasteiger charge is 2.28. The van der Waals surface area contributed by atoms with Gasteiger partial charge in [0.1, 0.15) is 5.69 Å². The van der Waals surface area contributed by atoms with Crippen LogP contribution in [-0.4, -0.2) is 64.9 Å². The molecule has 0 radical (unpaired) electrons. The quantitative estimate of drug-likeness (QED) is 0.380. The minimum absolute atomic E-state index is 0.0826. The van der Waals surface area contributed by atoms with Crippen LogP contribution in [-0.2, 0) is 16.6 Å². The summed E-state index contributed by atoms with van der Waals surface area (Å²) in [5.74, 6) is -1.10. The molecule has 0 bridgehead atoms. The van der Waals surface area contributed by atoms with Gasteiger partial charge in [-0.3, -0.25) is 14.4 Å². The highest BCUT2D eigenvalue weighted by molar-refractivity contribution is 6.07. The Bertz CT molecular complexity index is 1560. The number of furan rings is 1. The number of fused-ring (bicyclic) bond motifs is 1. The Kier molecular flexibility index (Phi) is 6.83. The topological polar surface area (TPSA) is 102 Å². The molecule has 2 aromatic carbocycles. The predicted octanol–water partition coefficient (Wildman–Crippen LogP) is 3.25. The predicted molar refractivity (Wildman–Crippen MR) is 141 cm³/mol. The summed E-state index contributed by atoms with van der Waals surface area (Å²) in [6.07, 6.45) is 1.44. The summed E-state index contributed by atoms with van der Waals surface area (Å²) in [6.45, 7) is 2.80. The molecule has 1 fully saturated rings. The van der Waals surface area contributed by atoms with Crippen LogP contribution in [0.1, 0.15) is 26.6 Å². The maximum atomic E-state index is 13.4. The van der Waals surface area contributed by atoms with Crippen LogP contribution in [0.4, 0.5) is 0 Å². The number of piperazine rings is 1. The van der Waals surface area contributed by atoms with Crippen molar-refractivity contribution in [1.29, 1.82) is 0 Å². The summed E-state index contributed by atoms with van der Waals surface area (Å²) in [5.41, 5.74) is 2.15. The molecule has 1 aliphatic heterocycles. The second-order valence-corrected chi connectivity index (χ2v) is 9.23. The Morgan fingerprint density at radius 3 is 2.18 bits per heavy atom. The van der Waals surface area contributed by atoms with Crippen molar-refractivity contribution in [2.24, 2.45) is 7.05 Å². The summed E-state index contributed by atoms with van der Waals surface area (Å²) in [7, 11) is 1.53. The number of amides is 2. The fourth-order valence-corrected chi connectivity index (χ4v) is 4.72. The van der Waals surface area contributed by atoms with Gasteiger partial charge in [-0.25, -0.2) is 4.79 Å². The van der Waals surface area contributed by atoms with E-state index in [9.17, 15) is 19.2 Å². The molecule has 9 nitrogen and oxygen atoms in total. The van der Waals surface area contributed by atoms with Crippen LogP contribution in [0, 0.1) is 6.92 Å². The fraction of sp³-hybridized carbons (Fsp3) is 0.241. The number of aromatic nitrogens is 1. The van der Waals surface area contributed by atoms with Gasteiger partial charge in [0.15, 0.2) is 12.4 Å². The Balaban J connectivity index is 1.34. The molecule has 1 aliphatic rings. The van der Waals surface area contributed by atoms with Crippen molar-refractivity contribution < 1.29 is 23.5 Å². The van der Waals surface area contributed by atoms with E-state index < -0.39 is 12.6 Å². The maximum absolute atomic E-state index is 13.4. The van der Waals surface area contributed by atoms with Crippen LogP contribution in [0.5, 0.6) is 0 Å². The highest BCUT2D eigenvalue weighted by atomic mass is 16.5. The molecule has 194 valence electrons. The van der Waals surface area contributed by atoms with Gasteiger partial charge in [0.25, 0.3) is 17.4 Å². The molecule has 0 atom stereocenters. The molecule has 38 heavy (non-hydrogen) atoms. The lowest BCUT2D eigenvalue weighted by Crippen LogP contribution is -2.51. The zero-order valence-electron chi connectivity index (χ0n) is 21.2. The van der Waals surface area contributed by atoms with Crippen molar-refractivity contribution in [1.82, 2.24) is 14.4 Å². The average Bonchev–Trinajstić information content (AvgIpc) is 3.49. The molecule has 5 rings (SSSR count). The second-order valence-electron chi connectivity index (χ2n) is 9.23. The van der Waals surface area contributed by atoms with E-state index in [4.69, 9.17) is 9.15 Å². The van der Waals surface area contributed by atoms with Crippen LogP contribution in [0.3, 0.4) is 0 Å². The van der Waals surface area contributed by atoms with Crippen LogP contribution < -0.4 is 5.56 Å². The number of hydrogen-bond acceptors (Lipinski definition) is 6. The lowest BCUT2D eigenvalue weighted by molar-refractivity contribution is -0.136. The van der Waals surface area contributed by atoms with Crippen molar-refractivity contribution in [3.63, 3.8) is 0 Å². The van der Waals surface area contributed by atoms with Crippen LogP contribution in [0.25, 0.3) is 21.9 Å². The summed E-state index contributed by atoms with van der Waals surface area (Å²) in [5, 5.41) is 1.12. The van der Waals surface area contributed by atoms with E-state index in [2.05, 4.69) is 0 Å². The minimum Gasteiger partial charge on any atom is -0.459 e. The second kappa shape index (κ2) is 10.4. The smallest absolute Gasteiger partial charge is 0.356 e. The number of esters is 1. The molecule has 2 amide bonds. The molecule has 0 aliphatic carbocycles. The van der Waals surface area contributed by atoms with Crippen LogP contribution in [0.2, 0.25) is 0 Å². The summed E-state index contributed by atoms with van der Waals surface area (Å²) >= 11 is 0. The van der Waals surface area contributed by atoms with Crippen LogP contribution in [0.15, 0.2) is 76.1 Å². The molecule has 2 aromatic heterocycles. The standard InChI is InChI=1S/C29H27N3O6/c1-19-9-11-20(12-10-19)25-21-6-3-4-7-22(21)27(34)30(2)26(25)29(36)38-18-24(33)31-13-15-32(16-14-31)28(35)23-8-5-17-37-23/h3-12,17H,13-16,18H2,1-2H3. The number of ether oxygens (including phenoxy) is 1. The van der Waals surface area contributed by atoms with E-state index in [-0.39, 0.29) is 28.8 Å². The fourth-order valence-electron chi connectivity index (χ4n) is 4.72. The number of aryl methyl sites for hydroxylation is 1. The SMILES string of the molecule is Cc1ccc(-c2c(C(=O)OCC(=O)N3CCN(C(=O)c4ccco4)CC3)n(C)c(=O)c3ccccc23)cc1. The molecule has 0 unspecified atom stereocenters. The van der Waals surface area contributed by atoms with Gasteiger partial charge in [0.2, 0.25) is 0 Å². The average molecular weight is 514 g/mol. The molecule has 4 aromatic rings. The molecule has 3 heterocycles. The van der Waals surface area contributed by atoms with Gasteiger partial charge in [-0.05, 0) is 36.1 Å². The van der Waals surface area contributed by atoms with Gasteiger partial charge >= 0.3 is 5.97 Å². The van der Waals surface area contributed by atoms with E-state index in [1.807, 2.05) is 37.3 Å². The normalized spacial score (nSPS) is 13.5. The minimum atomic E-state index is -0.758. The lowest BCUT2D eigenvalue weighted by Gasteiger charge is -2.34. The van der Waals surface area contributed by atoms with E-state index in [1.165, 1.54) is 17.9 Å². The molecular weight excluding hydrogens is 486 g/mol. The first-order chi connectivity index (χ1) is 18.3. The monoisotopic (exact) mass is 513 g/mol. The molecule has 9 heteroatoms. The van der Waals surface area contributed by atoms with Gasteiger partial charge in [-0.15, -0.1) is 0 Å². The largest absolute Gasteiger partial charge is 0.459 e. The molecule has 0 saturated carbocycles. The molecule has 0 N–H and O–H groups in total. The first kappa shape index (κ1) is 25.0. The first-order valence-corrected chi connectivity index (χ1v) is 12.3. The number of pyridine rings is 1. The van der Waals surface area contributed by atoms with E-state index in [0.717, 1.165) is 11.1 Å². The van der Waals surface area contributed by atoms with Gasteiger partial charge in [-0.2, -0.15) is 0 Å². The van der Waals surface area contributed by atoms with Crippen molar-refractivity contribution >= 4 is 28.6 Å².